The molecular formula is C22H22ClN5O3. The third-order valence-electron chi connectivity index (χ3n) is 5.27. The number of hydrazone groups is 1. The van der Waals surface area contributed by atoms with Gasteiger partial charge in [-0.3, -0.25) is 19.4 Å². The molecule has 2 aliphatic heterocycles. The van der Waals surface area contributed by atoms with Crippen LogP contribution in [0, 0.1) is 0 Å². The van der Waals surface area contributed by atoms with E-state index in [-0.39, 0.29) is 0 Å². The van der Waals surface area contributed by atoms with Crippen molar-refractivity contribution in [2.75, 3.05) is 30.0 Å². The lowest BCUT2D eigenvalue weighted by molar-refractivity contribution is -0.114. The third kappa shape index (κ3) is 4.92. The van der Waals surface area contributed by atoms with Crippen LogP contribution in [0.5, 0.6) is 0 Å². The quantitative estimate of drug-likeness (QED) is 0.423. The van der Waals surface area contributed by atoms with E-state index >= 15 is 0 Å². The zero-order valence-corrected chi connectivity index (χ0v) is 17.6. The highest BCUT2D eigenvalue weighted by Crippen LogP contribution is 2.31. The predicted molar refractivity (Wildman–Crippen MR) is 120 cm³/mol. The number of nitrogens with one attached hydrogen (secondary N) is 2. The summed E-state index contributed by atoms with van der Waals surface area (Å²) in [7, 11) is 0. The molecular weight excluding hydrogens is 418 g/mol. The highest BCUT2D eigenvalue weighted by atomic mass is 35.5. The number of urea groups is 1. The van der Waals surface area contributed by atoms with E-state index in [1.807, 2.05) is 0 Å². The Bertz CT molecular complexity index is 1030. The van der Waals surface area contributed by atoms with Crippen LogP contribution in [0.25, 0.3) is 0 Å². The molecule has 2 aliphatic rings. The lowest BCUT2D eigenvalue weighted by atomic mass is 10.1. The first kappa shape index (κ1) is 21.0. The first-order valence-corrected chi connectivity index (χ1v) is 10.5. The van der Waals surface area contributed by atoms with Gasteiger partial charge >= 0.3 is 11.9 Å². The first-order valence-electron chi connectivity index (χ1n) is 10.1. The molecule has 0 spiro atoms. The fourth-order valence-corrected chi connectivity index (χ4v) is 3.82. The number of piperidine rings is 1. The zero-order chi connectivity index (χ0) is 21.8. The van der Waals surface area contributed by atoms with Gasteiger partial charge in [-0.15, -0.1) is 0 Å². The monoisotopic (exact) mass is 439 g/mol. The van der Waals surface area contributed by atoms with Crippen LogP contribution in [0.3, 0.4) is 0 Å². The van der Waals surface area contributed by atoms with E-state index in [0.717, 1.165) is 31.5 Å². The smallest absolute Gasteiger partial charge is 0.306 e. The van der Waals surface area contributed by atoms with Crippen molar-refractivity contribution in [2.24, 2.45) is 5.10 Å². The Hall–Kier alpha value is -3.23. The van der Waals surface area contributed by atoms with Crippen LogP contribution in [0.2, 0.25) is 5.02 Å². The van der Waals surface area contributed by atoms with Crippen molar-refractivity contribution in [3.8, 4) is 0 Å². The number of carbonyl (C=O) groups is 3. The van der Waals surface area contributed by atoms with Crippen molar-refractivity contribution in [1.29, 1.82) is 0 Å². The fraction of sp³-hybridized carbons (Fsp3) is 0.273. The molecule has 0 aliphatic carbocycles. The minimum atomic E-state index is -0.563. The van der Waals surface area contributed by atoms with Crippen LogP contribution in [0.15, 0.2) is 47.6 Å². The van der Waals surface area contributed by atoms with E-state index < -0.39 is 17.7 Å². The second-order valence-corrected chi connectivity index (χ2v) is 7.93. The number of ketones is 1. The molecule has 1 saturated heterocycles. The second kappa shape index (κ2) is 9.28. The molecule has 0 saturated carbocycles. The van der Waals surface area contributed by atoms with Crippen LogP contribution in [0.4, 0.5) is 16.2 Å². The maximum atomic E-state index is 12.5. The van der Waals surface area contributed by atoms with Gasteiger partial charge in [-0.05, 0) is 61.8 Å². The summed E-state index contributed by atoms with van der Waals surface area (Å²) in [6.07, 6.45) is 4.88. The summed E-state index contributed by atoms with van der Waals surface area (Å²) in [5.41, 5.74) is 4.41. The molecule has 0 radical (unpaired) electrons. The molecule has 31 heavy (non-hydrogen) atoms. The number of Topliss-reactive ketones (excluding diaryl/α,β-unsaturated/α-hetero) is 1. The molecule has 3 amide bonds. The molecule has 2 N–H and O–H groups in total. The summed E-state index contributed by atoms with van der Waals surface area (Å²) in [6.45, 7) is 2.25. The van der Waals surface area contributed by atoms with E-state index in [9.17, 15) is 14.4 Å². The highest BCUT2D eigenvalue weighted by Gasteiger charge is 2.37. The first-order chi connectivity index (χ1) is 15.0. The number of halogens is 1. The topological polar surface area (TPSA) is 94.1 Å². The van der Waals surface area contributed by atoms with Crippen LogP contribution in [0.1, 0.15) is 35.2 Å². The molecule has 0 unspecified atom stereocenters. The SMILES string of the molecule is O=C(N/N=C/c1ccc(Cl)cc1)Nc1ccc2c(c1)C(=O)C(=O)N2CN1CCCCC1. The molecule has 2 aromatic carbocycles. The highest BCUT2D eigenvalue weighted by molar-refractivity contribution is 6.52. The number of nitrogens with zero attached hydrogens (tertiary/aromatic N) is 3. The molecule has 2 heterocycles. The van der Waals surface area contributed by atoms with E-state index in [0.29, 0.717) is 28.6 Å². The van der Waals surface area contributed by atoms with E-state index in [1.165, 1.54) is 23.6 Å². The fourth-order valence-electron chi connectivity index (χ4n) is 3.69. The summed E-state index contributed by atoms with van der Waals surface area (Å²) in [5, 5.41) is 7.11. The van der Waals surface area contributed by atoms with Crippen LogP contribution >= 0.6 is 11.6 Å². The Morgan fingerprint density at radius 3 is 2.55 bits per heavy atom. The van der Waals surface area contributed by atoms with Crippen molar-refractivity contribution in [3.63, 3.8) is 0 Å². The maximum absolute atomic E-state index is 12.5. The van der Waals surface area contributed by atoms with Gasteiger partial charge in [0.15, 0.2) is 0 Å². The number of fused-ring (bicyclic) bond motifs is 1. The molecule has 4 rings (SSSR count). The van der Waals surface area contributed by atoms with Crippen LogP contribution < -0.4 is 15.6 Å². The number of anilines is 2. The number of carbonyl (C=O) groups excluding carboxylic acids is 3. The van der Waals surface area contributed by atoms with Gasteiger partial charge in [-0.1, -0.05) is 30.2 Å². The van der Waals surface area contributed by atoms with Gasteiger partial charge in [0.05, 0.1) is 24.1 Å². The van der Waals surface area contributed by atoms with Gasteiger partial charge in [-0.2, -0.15) is 5.10 Å². The van der Waals surface area contributed by atoms with Crippen LogP contribution in [-0.2, 0) is 4.79 Å². The van der Waals surface area contributed by atoms with Gasteiger partial charge in [0.1, 0.15) is 0 Å². The number of amides is 3. The van der Waals surface area contributed by atoms with E-state index in [1.54, 1.807) is 36.4 Å². The van der Waals surface area contributed by atoms with Gasteiger partial charge < -0.3 is 5.32 Å². The van der Waals surface area contributed by atoms with Gasteiger partial charge in [0, 0.05) is 10.7 Å². The summed E-state index contributed by atoms with van der Waals surface area (Å²) >= 11 is 5.83. The van der Waals surface area contributed by atoms with Gasteiger partial charge in [0.25, 0.3) is 5.78 Å². The van der Waals surface area contributed by atoms with Gasteiger partial charge in [-0.25, -0.2) is 10.2 Å². The zero-order valence-electron chi connectivity index (χ0n) is 16.8. The summed E-state index contributed by atoms with van der Waals surface area (Å²) in [6, 6.07) is 11.3. The molecule has 160 valence electrons. The Balaban J connectivity index is 1.39. The predicted octanol–water partition coefficient (Wildman–Crippen LogP) is 3.47. The van der Waals surface area contributed by atoms with Crippen molar-refractivity contribution in [1.82, 2.24) is 10.3 Å². The molecule has 0 atom stereocenters. The van der Waals surface area contributed by atoms with Crippen molar-refractivity contribution in [2.45, 2.75) is 19.3 Å². The molecule has 8 nitrogen and oxygen atoms in total. The van der Waals surface area contributed by atoms with Crippen molar-refractivity contribution in [3.05, 3.63) is 58.6 Å². The maximum Gasteiger partial charge on any atom is 0.339 e. The summed E-state index contributed by atoms with van der Waals surface area (Å²) in [5.74, 6) is -1.09. The summed E-state index contributed by atoms with van der Waals surface area (Å²) in [4.78, 5) is 40.8. The third-order valence-corrected chi connectivity index (χ3v) is 5.52. The number of benzene rings is 2. The largest absolute Gasteiger partial charge is 0.339 e. The Kier molecular flexibility index (Phi) is 6.29. The normalized spacial score (nSPS) is 16.6. The van der Waals surface area contributed by atoms with Crippen molar-refractivity contribution < 1.29 is 14.4 Å². The molecule has 0 bridgehead atoms. The molecule has 9 heteroatoms. The van der Waals surface area contributed by atoms with Gasteiger partial charge in [0.2, 0.25) is 0 Å². The average molecular weight is 440 g/mol. The number of rotatable bonds is 5. The second-order valence-electron chi connectivity index (χ2n) is 7.49. The van der Waals surface area contributed by atoms with Crippen molar-refractivity contribution >= 4 is 46.9 Å². The molecule has 0 aromatic heterocycles. The Morgan fingerprint density at radius 2 is 1.81 bits per heavy atom. The molecule has 1 fully saturated rings. The Labute approximate surface area is 184 Å². The number of likely N-dealkylation sites (tertiary alicyclic amines) is 1. The molecule has 2 aromatic rings. The lowest BCUT2D eigenvalue weighted by Crippen LogP contribution is -2.43. The minimum Gasteiger partial charge on any atom is -0.306 e. The number of hydrogen-bond donors (Lipinski definition) is 2. The minimum absolute atomic E-state index is 0.296. The van der Waals surface area contributed by atoms with E-state index in [4.69, 9.17) is 11.6 Å². The Morgan fingerprint density at radius 1 is 1.06 bits per heavy atom. The standard InChI is InChI=1S/C22H22ClN5O3/c23-16-6-4-15(5-7-16)13-24-26-22(31)25-17-8-9-19-18(12-17)20(29)21(30)28(19)14-27-10-2-1-3-11-27/h4-9,12-13H,1-3,10-11,14H2,(H2,25,26,31)/b24-13+. The lowest BCUT2D eigenvalue weighted by Gasteiger charge is -2.30. The number of hydrogen-bond acceptors (Lipinski definition) is 5. The average Bonchev–Trinajstić information content (AvgIpc) is 3.00. The van der Waals surface area contributed by atoms with Crippen LogP contribution in [-0.4, -0.2) is 48.6 Å². The summed E-state index contributed by atoms with van der Waals surface area (Å²) < 4.78 is 0. The van der Waals surface area contributed by atoms with E-state index in [2.05, 4.69) is 20.7 Å².